The van der Waals surface area contributed by atoms with Gasteiger partial charge in [-0.15, -0.1) is 47.0 Å². The lowest BCUT2D eigenvalue weighted by Crippen LogP contribution is -2.11. The van der Waals surface area contributed by atoms with Crippen LogP contribution in [0.15, 0.2) is 68.6 Å². The Morgan fingerprint density at radius 1 is 0.667 bits per heavy atom. The molecular formula is C32H36N6O6S4. The summed E-state index contributed by atoms with van der Waals surface area (Å²) in [7, 11) is 2.74. The molecule has 0 amide bonds. The van der Waals surface area contributed by atoms with Crippen molar-refractivity contribution in [2.75, 3.05) is 45.0 Å². The SMILES string of the molecule is COC(=O)Cc1c(SC)nc(Cc2ccc(N)cc2)nc1SC.COC(=O)Cc1c(SC)nc(Cc2ccc([N+](=O)[O-])cc2)nc1SC. The summed E-state index contributed by atoms with van der Waals surface area (Å²) in [6.45, 7) is 0. The Bertz CT molecular complexity index is 1680. The first-order valence-corrected chi connectivity index (χ1v) is 19.1. The zero-order valence-corrected chi connectivity index (χ0v) is 30.6. The lowest BCUT2D eigenvalue weighted by Gasteiger charge is -2.12. The van der Waals surface area contributed by atoms with Crippen molar-refractivity contribution in [2.45, 2.75) is 45.8 Å². The molecule has 48 heavy (non-hydrogen) atoms. The summed E-state index contributed by atoms with van der Waals surface area (Å²) in [4.78, 5) is 51.8. The molecule has 0 fully saturated rings. The summed E-state index contributed by atoms with van der Waals surface area (Å²) < 4.78 is 9.51. The number of nitrogens with zero attached hydrogens (tertiary/aromatic N) is 5. The number of benzene rings is 2. The second kappa shape index (κ2) is 19.2. The number of hydrogen-bond donors (Lipinski definition) is 1. The van der Waals surface area contributed by atoms with Gasteiger partial charge < -0.3 is 15.2 Å². The molecule has 2 aromatic heterocycles. The molecule has 2 N–H and O–H groups in total. The van der Waals surface area contributed by atoms with Gasteiger partial charge in [0.25, 0.3) is 5.69 Å². The van der Waals surface area contributed by atoms with Crippen molar-refractivity contribution in [3.05, 3.63) is 92.5 Å². The maximum absolute atomic E-state index is 11.6. The van der Waals surface area contributed by atoms with Gasteiger partial charge in [-0.05, 0) is 48.3 Å². The van der Waals surface area contributed by atoms with Gasteiger partial charge in [-0.25, -0.2) is 19.9 Å². The molecule has 16 heteroatoms. The molecule has 0 unspecified atom stereocenters. The van der Waals surface area contributed by atoms with Crippen molar-refractivity contribution in [2.24, 2.45) is 0 Å². The maximum atomic E-state index is 11.6. The molecule has 0 saturated heterocycles. The second-order valence-corrected chi connectivity index (χ2v) is 13.0. The molecule has 0 saturated carbocycles. The molecule has 0 atom stereocenters. The van der Waals surface area contributed by atoms with Crippen molar-refractivity contribution in [3.63, 3.8) is 0 Å². The van der Waals surface area contributed by atoms with Crippen LogP contribution in [0.4, 0.5) is 11.4 Å². The van der Waals surface area contributed by atoms with Crippen molar-refractivity contribution in [3.8, 4) is 0 Å². The number of methoxy groups -OCH3 is 2. The number of hydrogen-bond acceptors (Lipinski definition) is 15. The number of nitrogen functional groups attached to an aromatic ring is 1. The van der Waals surface area contributed by atoms with Crippen molar-refractivity contribution in [1.82, 2.24) is 19.9 Å². The van der Waals surface area contributed by atoms with Gasteiger partial charge in [0.1, 0.15) is 31.8 Å². The topological polar surface area (TPSA) is 173 Å². The summed E-state index contributed by atoms with van der Waals surface area (Å²) in [6, 6.07) is 14.0. The Morgan fingerprint density at radius 3 is 1.29 bits per heavy atom. The number of nitro groups is 1. The number of carbonyl (C=O) groups excluding carboxylic acids is 2. The van der Waals surface area contributed by atoms with E-state index in [0.29, 0.717) is 18.7 Å². The monoisotopic (exact) mass is 728 g/mol. The summed E-state index contributed by atoms with van der Waals surface area (Å²) in [5, 5.41) is 13.8. The number of aromatic nitrogens is 4. The Balaban J connectivity index is 0.000000261. The van der Waals surface area contributed by atoms with Gasteiger partial charge in [0.2, 0.25) is 0 Å². The number of carbonyl (C=O) groups is 2. The van der Waals surface area contributed by atoms with E-state index < -0.39 is 4.92 Å². The number of non-ortho nitro benzene ring substituents is 1. The third-order valence-corrected chi connectivity index (χ3v) is 9.57. The van der Waals surface area contributed by atoms with Crippen molar-refractivity contribution >= 4 is 70.4 Å². The molecule has 0 aliphatic rings. The van der Waals surface area contributed by atoms with Gasteiger partial charge in [-0.2, -0.15) is 0 Å². The summed E-state index contributed by atoms with van der Waals surface area (Å²) in [5.41, 5.74) is 10.1. The first-order valence-electron chi connectivity index (χ1n) is 14.2. The minimum atomic E-state index is -0.431. The number of rotatable bonds is 13. The molecule has 12 nitrogen and oxygen atoms in total. The molecule has 4 aromatic rings. The largest absolute Gasteiger partial charge is 0.469 e. The zero-order valence-electron chi connectivity index (χ0n) is 27.3. The molecule has 0 radical (unpaired) electrons. The van der Waals surface area contributed by atoms with Crippen LogP contribution in [0.5, 0.6) is 0 Å². The van der Waals surface area contributed by atoms with E-state index in [4.69, 9.17) is 15.2 Å². The number of thioether (sulfide) groups is 4. The van der Waals surface area contributed by atoms with Crippen LogP contribution in [0, 0.1) is 10.1 Å². The molecule has 2 heterocycles. The Morgan fingerprint density at radius 2 is 1.00 bits per heavy atom. The van der Waals surface area contributed by atoms with E-state index in [9.17, 15) is 19.7 Å². The average Bonchev–Trinajstić information content (AvgIpc) is 3.10. The predicted molar refractivity (Wildman–Crippen MR) is 192 cm³/mol. The average molecular weight is 729 g/mol. The van der Waals surface area contributed by atoms with E-state index >= 15 is 0 Å². The third kappa shape index (κ3) is 11.1. The quantitative estimate of drug-likeness (QED) is 0.0427. The van der Waals surface area contributed by atoms with Crippen molar-refractivity contribution in [1.29, 1.82) is 0 Å². The van der Waals surface area contributed by atoms with E-state index in [0.717, 1.165) is 53.9 Å². The fraction of sp³-hybridized carbons (Fsp3) is 0.312. The molecule has 2 aromatic carbocycles. The van der Waals surface area contributed by atoms with E-state index in [-0.39, 0.29) is 30.5 Å². The highest BCUT2D eigenvalue weighted by Crippen LogP contribution is 2.29. The normalized spacial score (nSPS) is 10.5. The molecule has 0 spiro atoms. The minimum Gasteiger partial charge on any atom is -0.469 e. The van der Waals surface area contributed by atoms with Crippen LogP contribution in [0.25, 0.3) is 0 Å². The number of ether oxygens (including phenoxy) is 2. The van der Waals surface area contributed by atoms with Gasteiger partial charge in [-0.3, -0.25) is 19.7 Å². The fourth-order valence-corrected chi connectivity index (χ4v) is 6.85. The number of anilines is 1. The Kier molecular flexibility index (Phi) is 15.4. The summed E-state index contributed by atoms with van der Waals surface area (Å²) in [5.74, 6) is 0.719. The molecule has 254 valence electrons. The standard InChI is InChI=1S/C16H17N3O4S2.C16H19N3O2S2/c1-23-14(20)9-12-15(24-2)17-13(18-16(12)25-3)8-10-4-6-11(7-5-10)19(21)22;1-21-14(20)9-12-15(22-2)18-13(19-16(12)23-3)8-10-4-6-11(17)7-5-10/h4-7H,8-9H2,1-3H3;4-7H,8-9,17H2,1-3H3. The smallest absolute Gasteiger partial charge is 0.310 e. The highest BCUT2D eigenvalue weighted by Gasteiger charge is 2.19. The van der Waals surface area contributed by atoms with Gasteiger partial charge in [0, 0.05) is 41.8 Å². The lowest BCUT2D eigenvalue weighted by atomic mass is 10.1. The van der Waals surface area contributed by atoms with E-state index in [1.807, 2.05) is 49.3 Å². The Hall–Kier alpha value is -3.86. The minimum absolute atomic E-state index is 0.0488. The first-order chi connectivity index (χ1) is 23.0. The fourth-order valence-electron chi connectivity index (χ4n) is 4.28. The van der Waals surface area contributed by atoms with Gasteiger partial charge in [-0.1, -0.05) is 24.3 Å². The highest BCUT2D eigenvalue weighted by atomic mass is 32.2. The first kappa shape index (κ1) is 38.6. The lowest BCUT2D eigenvalue weighted by molar-refractivity contribution is -0.384. The third-order valence-electron chi connectivity index (χ3n) is 6.68. The van der Waals surface area contributed by atoms with Crippen LogP contribution in [-0.4, -0.2) is 76.0 Å². The number of nitrogens with two attached hydrogens (primary N) is 1. The van der Waals surface area contributed by atoms with Crippen LogP contribution in [-0.2, 0) is 44.7 Å². The Labute approximate surface area is 296 Å². The van der Waals surface area contributed by atoms with Crippen LogP contribution in [0.1, 0.15) is 33.9 Å². The van der Waals surface area contributed by atoms with E-state index in [1.54, 1.807) is 12.1 Å². The number of nitro benzene ring substituents is 1. The molecule has 0 aliphatic heterocycles. The molecule has 0 bridgehead atoms. The number of esters is 2. The van der Waals surface area contributed by atoms with Crippen LogP contribution in [0.3, 0.4) is 0 Å². The van der Waals surface area contributed by atoms with E-state index in [2.05, 4.69) is 19.9 Å². The summed E-state index contributed by atoms with van der Waals surface area (Å²) >= 11 is 5.92. The van der Waals surface area contributed by atoms with Crippen LogP contribution in [0.2, 0.25) is 0 Å². The van der Waals surface area contributed by atoms with Gasteiger partial charge in [0.15, 0.2) is 0 Å². The van der Waals surface area contributed by atoms with Gasteiger partial charge >= 0.3 is 11.9 Å². The predicted octanol–water partition coefficient (Wildman–Crippen LogP) is 5.94. The van der Waals surface area contributed by atoms with E-state index in [1.165, 1.54) is 73.4 Å². The molecule has 0 aliphatic carbocycles. The maximum Gasteiger partial charge on any atom is 0.310 e. The molecular weight excluding hydrogens is 693 g/mol. The second-order valence-electron chi connectivity index (χ2n) is 9.80. The van der Waals surface area contributed by atoms with Crippen LogP contribution >= 0.6 is 47.0 Å². The van der Waals surface area contributed by atoms with Crippen molar-refractivity contribution < 1.29 is 24.0 Å². The highest BCUT2D eigenvalue weighted by molar-refractivity contribution is 7.99. The summed E-state index contributed by atoms with van der Waals surface area (Å²) in [6.07, 6.45) is 9.06. The molecule has 4 rings (SSSR count). The van der Waals surface area contributed by atoms with Crippen LogP contribution < -0.4 is 5.73 Å². The van der Waals surface area contributed by atoms with Gasteiger partial charge in [0.05, 0.1) is 32.0 Å². The zero-order chi connectivity index (χ0) is 35.2.